The molecule has 0 bridgehead atoms. The minimum Gasteiger partial charge on any atom is -0.378 e. The second kappa shape index (κ2) is 6.95. The molecule has 0 atom stereocenters. The Labute approximate surface area is 201 Å². The summed E-state index contributed by atoms with van der Waals surface area (Å²) >= 11 is 0. The Morgan fingerprint density at radius 3 is 1.62 bits per heavy atom. The Balaban J connectivity index is 1.62. The Morgan fingerprint density at radius 1 is 0.471 bits per heavy atom. The predicted octanol–water partition coefficient (Wildman–Crippen LogP) is 7.76. The number of hydrogen-bond donors (Lipinski definition) is 0. The molecule has 0 fully saturated rings. The lowest BCUT2D eigenvalue weighted by Gasteiger charge is -2.30. The van der Waals surface area contributed by atoms with E-state index in [9.17, 15) is 0 Å². The number of nitrogens with zero attached hydrogens (tertiary/aromatic N) is 1. The molecule has 0 unspecified atom stereocenters. The highest BCUT2D eigenvalue weighted by Crippen LogP contribution is 2.63. The molecule has 0 aliphatic heterocycles. The molecule has 0 amide bonds. The summed E-state index contributed by atoms with van der Waals surface area (Å²) < 4.78 is 0. The van der Waals surface area contributed by atoms with Crippen LogP contribution in [-0.2, 0) is 5.41 Å². The van der Waals surface area contributed by atoms with Crippen LogP contribution in [0.15, 0.2) is 115 Å². The zero-order chi connectivity index (χ0) is 22.9. The molecule has 2 aliphatic carbocycles. The summed E-state index contributed by atoms with van der Waals surface area (Å²) in [6.45, 7) is 0. The first-order valence-corrected chi connectivity index (χ1v) is 11.9. The molecule has 1 heteroatoms. The fourth-order valence-electron chi connectivity index (χ4n) is 6.34. The summed E-state index contributed by atoms with van der Waals surface area (Å²) in [5.74, 6) is 0. The molecule has 7 rings (SSSR count). The quantitative estimate of drug-likeness (QED) is 0.268. The fraction of sp³-hybridized carbons (Fsp3) is 0.0909. The second-order valence-corrected chi connectivity index (χ2v) is 9.56. The molecule has 1 nitrogen and oxygen atoms in total. The molecule has 5 aromatic rings. The summed E-state index contributed by atoms with van der Waals surface area (Å²) in [6, 6.07) is 42.8. The van der Waals surface area contributed by atoms with Gasteiger partial charge in [-0.2, -0.15) is 0 Å². The van der Waals surface area contributed by atoms with Crippen LogP contribution in [0.1, 0.15) is 22.3 Å². The summed E-state index contributed by atoms with van der Waals surface area (Å²) in [4.78, 5) is 2.17. The van der Waals surface area contributed by atoms with Crippen molar-refractivity contribution in [1.82, 2.24) is 0 Å². The predicted molar refractivity (Wildman–Crippen MR) is 143 cm³/mol. The normalized spacial score (nSPS) is 13.8. The van der Waals surface area contributed by atoms with Gasteiger partial charge in [0, 0.05) is 19.8 Å². The molecule has 34 heavy (non-hydrogen) atoms. The van der Waals surface area contributed by atoms with Crippen LogP contribution in [-0.4, -0.2) is 14.1 Å². The highest BCUT2D eigenvalue weighted by Gasteiger charge is 2.51. The number of benzene rings is 5. The van der Waals surface area contributed by atoms with E-state index in [1.807, 2.05) is 0 Å². The van der Waals surface area contributed by atoms with Crippen molar-refractivity contribution in [2.45, 2.75) is 5.41 Å². The highest BCUT2D eigenvalue weighted by atomic mass is 15.1. The van der Waals surface area contributed by atoms with Gasteiger partial charge in [-0.15, -0.1) is 0 Å². The van der Waals surface area contributed by atoms with Crippen molar-refractivity contribution in [3.8, 4) is 33.4 Å². The van der Waals surface area contributed by atoms with Crippen molar-refractivity contribution in [1.29, 1.82) is 0 Å². The van der Waals surface area contributed by atoms with E-state index in [1.54, 1.807) is 0 Å². The molecular formula is C33H25N. The average Bonchev–Trinajstić information content (AvgIpc) is 3.36. The van der Waals surface area contributed by atoms with Crippen LogP contribution in [0, 0.1) is 0 Å². The van der Waals surface area contributed by atoms with E-state index < -0.39 is 0 Å². The van der Waals surface area contributed by atoms with Crippen LogP contribution in [0.4, 0.5) is 5.69 Å². The molecular weight excluding hydrogens is 410 g/mol. The SMILES string of the molecule is CN(C)c1cccc(-c2cccc3c2-c2ccccc2C32c3ccccc3-c3ccccc32)c1. The second-order valence-electron chi connectivity index (χ2n) is 9.56. The third-order valence-electron chi connectivity index (χ3n) is 7.69. The van der Waals surface area contributed by atoms with E-state index in [-0.39, 0.29) is 5.41 Å². The molecule has 1 spiro atoms. The van der Waals surface area contributed by atoms with Gasteiger partial charge in [-0.1, -0.05) is 103 Å². The van der Waals surface area contributed by atoms with Crippen LogP contribution >= 0.6 is 0 Å². The maximum atomic E-state index is 2.35. The standard InChI is InChI=1S/C33H25N/c1-34(2)23-12-9-11-22(21-23)24-16-10-20-31-32(24)27-15-5-8-19-30(27)33(31)28-17-6-3-13-25(28)26-14-4-7-18-29(26)33/h3-21H,1-2H3. The molecule has 0 saturated carbocycles. The molecule has 0 heterocycles. The van der Waals surface area contributed by atoms with Crippen LogP contribution in [0.25, 0.3) is 33.4 Å². The maximum absolute atomic E-state index is 2.35. The zero-order valence-corrected chi connectivity index (χ0v) is 19.4. The van der Waals surface area contributed by atoms with Gasteiger partial charge in [0.25, 0.3) is 0 Å². The Bertz CT molecular complexity index is 1540. The fourth-order valence-corrected chi connectivity index (χ4v) is 6.34. The number of rotatable bonds is 2. The molecule has 0 N–H and O–H groups in total. The molecule has 2 aliphatic rings. The Kier molecular flexibility index (Phi) is 3.96. The van der Waals surface area contributed by atoms with E-state index in [2.05, 4.69) is 134 Å². The topological polar surface area (TPSA) is 3.24 Å². The van der Waals surface area contributed by atoms with Gasteiger partial charge in [-0.25, -0.2) is 0 Å². The third-order valence-corrected chi connectivity index (χ3v) is 7.69. The van der Waals surface area contributed by atoms with Gasteiger partial charge in [-0.3, -0.25) is 0 Å². The van der Waals surface area contributed by atoms with E-state index in [1.165, 1.54) is 61.3 Å². The van der Waals surface area contributed by atoms with Gasteiger partial charge in [0.05, 0.1) is 5.41 Å². The van der Waals surface area contributed by atoms with E-state index in [4.69, 9.17) is 0 Å². The first-order valence-electron chi connectivity index (χ1n) is 11.9. The first kappa shape index (κ1) is 19.4. The summed E-state index contributed by atoms with van der Waals surface area (Å²) in [5.41, 5.74) is 14.4. The Hall–Kier alpha value is -4.10. The number of fused-ring (bicyclic) bond motifs is 10. The zero-order valence-electron chi connectivity index (χ0n) is 19.4. The number of anilines is 1. The average molecular weight is 436 g/mol. The Morgan fingerprint density at radius 2 is 0.971 bits per heavy atom. The molecule has 0 aromatic heterocycles. The third kappa shape index (κ3) is 2.34. The van der Waals surface area contributed by atoms with Gasteiger partial charge in [0.1, 0.15) is 0 Å². The van der Waals surface area contributed by atoms with Gasteiger partial charge >= 0.3 is 0 Å². The van der Waals surface area contributed by atoms with Crippen molar-refractivity contribution in [2.24, 2.45) is 0 Å². The van der Waals surface area contributed by atoms with E-state index in [0.29, 0.717) is 0 Å². The van der Waals surface area contributed by atoms with Gasteiger partial charge in [-0.05, 0) is 67.8 Å². The van der Waals surface area contributed by atoms with Crippen molar-refractivity contribution in [2.75, 3.05) is 19.0 Å². The van der Waals surface area contributed by atoms with Crippen LogP contribution in [0.5, 0.6) is 0 Å². The van der Waals surface area contributed by atoms with Crippen molar-refractivity contribution in [3.05, 3.63) is 138 Å². The van der Waals surface area contributed by atoms with Crippen LogP contribution in [0.3, 0.4) is 0 Å². The first-order chi connectivity index (χ1) is 16.7. The molecule has 0 saturated heterocycles. The highest BCUT2D eigenvalue weighted by molar-refractivity contribution is 5.99. The molecule has 0 radical (unpaired) electrons. The van der Waals surface area contributed by atoms with Crippen LogP contribution in [0.2, 0.25) is 0 Å². The molecule has 5 aromatic carbocycles. The lowest BCUT2D eigenvalue weighted by atomic mass is 9.70. The monoisotopic (exact) mass is 435 g/mol. The van der Waals surface area contributed by atoms with Gasteiger partial charge < -0.3 is 4.90 Å². The largest absolute Gasteiger partial charge is 0.378 e. The minimum atomic E-state index is -0.283. The van der Waals surface area contributed by atoms with E-state index in [0.717, 1.165) is 0 Å². The van der Waals surface area contributed by atoms with Gasteiger partial charge in [0.2, 0.25) is 0 Å². The summed E-state index contributed by atoms with van der Waals surface area (Å²) in [5, 5.41) is 0. The maximum Gasteiger partial charge on any atom is 0.0725 e. The summed E-state index contributed by atoms with van der Waals surface area (Å²) in [7, 11) is 4.20. The van der Waals surface area contributed by atoms with Crippen LogP contribution < -0.4 is 4.90 Å². The molecule has 162 valence electrons. The van der Waals surface area contributed by atoms with Crippen molar-refractivity contribution >= 4 is 5.69 Å². The lowest BCUT2D eigenvalue weighted by Crippen LogP contribution is -2.25. The lowest BCUT2D eigenvalue weighted by molar-refractivity contribution is 0.794. The van der Waals surface area contributed by atoms with Gasteiger partial charge in [0.15, 0.2) is 0 Å². The van der Waals surface area contributed by atoms with Crippen molar-refractivity contribution < 1.29 is 0 Å². The van der Waals surface area contributed by atoms with E-state index >= 15 is 0 Å². The smallest absolute Gasteiger partial charge is 0.0725 e. The number of hydrogen-bond acceptors (Lipinski definition) is 1. The van der Waals surface area contributed by atoms with Crippen molar-refractivity contribution in [3.63, 3.8) is 0 Å². The summed E-state index contributed by atoms with van der Waals surface area (Å²) in [6.07, 6.45) is 0. The minimum absolute atomic E-state index is 0.283.